The maximum absolute atomic E-state index is 12.3. The van der Waals surface area contributed by atoms with Gasteiger partial charge in [-0.2, -0.15) is 0 Å². The largest absolute Gasteiger partial charge is 0.361 e. The maximum Gasteiger partial charge on any atom is 0.222 e. The molecule has 118 valence electrons. The second kappa shape index (κ2) is 7.07. The summed E-state index contributed by atoms with van der Waals surface area (Å²) in [5, 5.41) is 3.94. The van der Waals surface area contributed by atoms with Gasteiger partial charge in [-0.25, -0.2) is 0 Å². The van der Waals surface area contributed by atoms with Crippen LogP contribution < -0.4 is 0 Å². The van der Waals surface area contributed by atoms with Gasteiger partial charge in [0.1, 0.15) is 5.76 Å². The first-order chi connectivity index (χ1) is 9.99. The molecule has 1 aromatic rings. The first-order valence-corrected chi connectivity index (χ1v) is 7.85. The Bertz CT molecular complexity index is 464. The Labute approximate surface area is 127 Å². The van der Waals surface area contributed by atoms with Crippen molar-refractivity contribution in [3.8, 4) is 0 Å². The average molecular weight is 293 g/mol. The van der Waals surface area contributed by atoms with Crippen LogP contribution in [0.2, 0.25) is 0 Å². The molecule has 1 fully saturated rings. The van der Waals surface area contributed by atoms with Crippen molar-refractivity contribution < 1.29 is 9.32 Å². The van der Waals surface area contributed by atoms with Gasteiger partial charge in [0.25, 0.3) is 0 Å². The van der Waals surface area contributed by atoms with E-state index in [-0.39, 0.29) is 5.91 Å². The molecular formula is C16H27N3O2. The lowest BCUT2D eigenvalue weighted by molar-refractivity contribution is -0.130. The molecule has 5 heteroatoms. The van der Waals surface area contributed by atoms with Gasteiger partial charge in [0.15, 0.2) is 0 Å². The summed E-state index contributed by atoms with van der Waals surface area (Å²) in [6.07, 6.45) is 5.37. The summed E-state index contributed by atoms with van der Waals surface area (Å²) in [6, 6.07) is 0.565. The van der Waals surface area contributed by atoms with E-state index in [1.165, 1.54) is 19.3 Å². The van der Waals surface area contributed by atoms with E-state index in [4.69, 9.17) is 4.52 Å². The summed E-state index contributed by atoms with van der Waals surface area (Å²) >= 11 is 0. The monoisotopic (exact) mass is 293 g/mol. The van der Waals surface area contributed by atoms with E-state index in [0.29, 0.717) is 19.0 Å². The summed E-state index contributed by atoms with van der Waals surface area (Å²) < 4.78 is 5.15. The van der Waals surface area contributed by atoms with E-state index in [9.17, 15) is 4.79 Å². The zero-order valence-electron chi connectivity index (χ0n) is 13.7. The molecule has 0 radical (unpaired) electrons. The van der Waals surface area contributed by atoms with Crippen molar-refractivity contribution >= 4 is 5.91 Å². The number of aromatic nitrogens is 1. The SMILES string of the molecule is Cc1noc(C)c1CN(C)C(=O)CC[C@@H]1CCCCN1C. The van der Waals surface area contributed by atoms with E-state index in [2.05, 4.69) is 17.1 Å². The first-order valence-electron chi connectivity index (χ1n) is 7.85. The van der Waals surface area contributed by atoms with E-state index in [1.807, 2.05) is 20.9 Å². The molecule has 0 unspecified atom stereocenters. The van der Waals surface area contributed by atoms with Crippen molar-refractivity contribution in [2.45, 2.75) is 58.5 Å². The van der Waals surface area contributed by atoms with Gasteiger partial charge in [0.05, 0.1) is 12.2 Å². The van der Waals surface area contributed by atoms with E-state index in [1.54, 1.807) is 4.90 Å². The van der Waals surface area contributed by atoms with Crippen molar-refractivity contribution in [1.82, 2.24) is 15.0 Å². The van der Waals surface area contributed by atoms with Gasteiger partial charge in [-0.1, -0.05) is 11.6 Å². The predicted octanol–water partition coefficient (Wildman–Crippen LogP) is 2.51. The fraction of sp³-hybridized carbons (Fsp3) is 0.750. The third-order valence-electron chi connectivity index (χ3n) is 4.62. The Hall–Kier alpha value is -1.36. The van der Waals surface area contributed by atoms with E-state index in [0.717, 1.165) is 30.0 Å². The first kappa shape index (κ1) is 16.0. The summed E-state index contributed by atoms with van der Waals surface area (Å²) in [4.78, 5) is 16.5. The highest BCUT2D eigenvalue weighted by Gasteiger charge is 2.21. The fourth-order valence-electron chi connectivity index (χ4n) is 3.04. The number of hydrogen-bond acceptors (Lipinski definition) is 4. The number of aryl methyl sites for hydroxylation is 2. The molecule has 0 N–H and O–H groups in total. The van der Waals surface area contributed by atoms with Gasteiger partial charge >= 0.3 is 0 Å². The van der Waals surface area contributed by atoms with Crippen LogP contribution in [0.1, 0.15) is 49.1 Å². The minimum absolute atomic E-state index is 0.203. The Morgan fingerprint density at radius 1 is 1.43 bits per heavy atom. The summed E-state index contributed by atoms with van der Waals surface area (Å²) in [6.45, 7) is 5.56. The molecule has 2 rings (SSSR count). The lowest BCUT2D eigenvalue weighted by Crippen LogP contribution is -2.37. The summed E-state index contributed by atoms with van der Waals surface area (Å²) in [5.41, 5.74) is 1.90. The molecule has 0 spiro atoms. The third kappa shape index (κ3) is 4.06. The number of amides is 1. The molecule has 0 aromatic carbocycles. The van der Waals surface area contributed by atoms with E-state index < -0.39 is 0 Å². The van der Waals surface area contributed by atoms with Crippen LogP contribution in [0.5, 0.6) is 0 Å². The predicted molar refractivity (Wildman–Crippen MR) is 82.0 cm³/mol. The molecular weight excluding hydrogens is 266 g/mol. The number of nitrogens with zero attached hydrogens (tertiary/aromatic N) is 3. The number of likely N-dealkylation sites (tertiary alicyclic amines) is 1. The highest BCUT2D eigenvalue weighted by Crippen LogP contribution is 2.20. The van der Waals surface area contributed by atoms with Crippen molar-refractivity contribution in [1.29, 1.82) is 0 Å². The van der Waals surface area contributed by atoms with Gasteiger partial charge < -0.3 is 14.3 Å². The van der Waals surface area contributed by atoms with Gasteiger partial charge in [0, 0.05) is 25.1 Å². The molecule has 1 amide bonds. The Balaban J connectivity index is 1.82. The van der Waals surface area contributed by atoms with Crippen LogP contribution in [0, 0.1) is 13.8 Å². The van der Waals surface area contributed by atoms with Gasteiger partial charge in [-0.05, 0) is 46.7 Å². The van der Waals surface area contributed by atoms with Gasteiger partial charge in [-0.3, -0.25) is 4.79 Å². The third-order valence-corrected chi connectivity index (χ3v) is 4.62. The van der Waals surface area contributed by atoms with Crippen LogP contribution >= 0.6 is 0 Å². The van der Waals surface area contributed by atoms with Crippen molar-refractivity contribution in [3.05, 3.63) is 17.0 Å². The minimum Gasteiger partial charge on any atom is -0.361 e. The number of carbonyl (C=O) groups excluding carboxylic acids is 1. The van der Waals surface area contributed by atoms with Crippen molar-refractivity contribution in [2.75, 3.05) is 20.6 Å². The molecule has 1 atom stereocenters. The molecule has 1 aromatic heterocycles. The highest BCUT2D eigenvalue weighted by molar-refractivity contribution is 5.75. The Morgan fingerprint density at radius 2 is 2.19 bits per heavy atom. The summed E-state index contributed by atoms with van der Waals surface area (Å²) in [7, 11) is 4.03. The topological polar surface area (TPSA) is 49.6 Å². The molecule has 1 saturated heterocycles. The van der Waals surface area contributed by atoms with Crippen LogP contribution in [0.15, 0.2) is 4.52 Å². The second-order valence-corrected chi connectivity index (χ2v) is 6.22. The molecule has 0 aliphatic carbocycles. The molecule has 5 nitrogen and oxygen atoms in total. The van der Waals surface area contributed by atoms with Crippen LogP contribution in [0.3, 0.4) is 0 Å². The highest BCUT2D eigenvalue weighted by atomic mass is 16.5. The Kier molecular flexibility index (Phi) is 5.39. The molecule has 21 heavy (non-hydrogen) atoms. The number of piperidine rings is 1. The fourth-order valence-corrected chi connectivity index (χ4v) is 3.04. The van der Waals surface area contributed by atoms with Crippen LogP contribution in [0.25, 0.3) is 0 Å². The minimum atomic E-state index is 0.203. The maximum atomic E-state index is 12.3. The number of hydrogen-bond donors (Lipinski definition) is 0. The lowest BCUT2D eigenvalue weighted by atomic mass is 9.98. The second-order valence-electron chi connectivity index (χ2n) is 6.22. The normalized spacial score (nSPS) is 19.7. The lowest BCUT2D eigenvalue weighted by Gasteiger charge is -2.32. The smallest absolute Gasteiger partial charge is 0.222 e. The zero-order valence-corrected chi connectivity index (χ0v) is 13.7. The molecule has 1 aliphatic heterocycles. The van der Waals surface area contributed by atoms with Crippen LogP contribution in [-0.4, -0.2) is 47.5 Å². The molecule has 0 bridgehead atoms. The number of carbonyl (C=O) groups is 1. The quantitative estimate of drug-likeness (QED) is 0.837. The van der Waals surface area contributed by atoms with Gasteiger partial charge in [-0.15, -0.1) is 0 Å². The van der Waals surface area contributed by atoms with E-state index >= 15 is 0 Å². The average Bonchev–Trinajstić information content (AvgIpc) is 2.78. The molecule has 2 heterocycles. The summed E-state index contributed by atoms with van der Waals surface area (Å²) in [5.74, 6) is 1.01. The molecule has 0 saturated carbocycles. The van der Waals surface area contributed by atoms with Crippen LogP contribution in [-0.2, 0) is 11.3 Å². The number of rotatable bonds is 5. The standard InChI is InChI=1S/C16H27N3O2/c1-12-15(13(2)21-17-12)11-19(4)16(20)9-8-14-7-5-6-10-18(14)3/h14H,5-11H2,1-4H3/t14-/m0/s1. The molecule has 1 aliphatic rings. The Morgan fingerprint density at radius 3 is 2.81 bits per heavy atom. The van der Waals surface area contributed by atoms with Crippen LogP contribution in [0.4, 0.5) is 0 Å². The zero-order chi connectivity index (χ0) is 15.4. The van der Waals surface area contributed by atoms with Crippen molar-refractivity contribution in [2.24, 2.45) is 0 Å². The van der Waals surface area contributed by atoms with Crippen molar-refractivity contribution in [3.63, 3.8) is 0 Å². The van der Waals surface area contributed by atoms with Gasteiger partial charge in [0.2, 0.25) is 5.91 Å².